The molecule has 0 aromatic heterocycles. The maximum absolute atomic E-state index is 11.8. The maximum atomic E-state index is 11.8. The Hall–Kier alpha value is -0.830. The molecule has 0 aromatic carbocycles. The van der Waals surface area contributed by atoms with Gasteiger partial charge in [0.25, 0.3) is 0 Å². The fraction of sp³-hybridized carbons (Fsp3) is 0.600. The second kappa shape index (κ2) is 6.37. The van der Waals surface area contributed by atoms with Gasteiger partial charge in [-0.15, -0.1) is 0 Å². The van der Waals surface area contributed by atoms with E-state index in [9.17, 15) is 8.42 Å². The van der Waals surface area contributed by atoms with E-state index in [2.05, 4.69) is 32.9 Å². The Morgan fingerprint density at radius 3 is 2.50 bits per heavy atom. The van der Waals surface area contributed by atoms with Crippen molar-refractivity contribution in [3.05, 3.63) is 34.9 Å². The topological polar surface area (TPSA) is 34.1 Å². The first-order valence-corrected chi connectivity index (χ1v) is 8.21. The van der Waals surface area contributed by atoms with Crippen molar-refractivity contribution in [2.45, 2.75) is 52.2 Å². The van der Waals surface area contributed by atoms with Gasteiger partial charge in [-0.25, -0.2) is 8.42 Å². The standard InChI is InChI=1S/C15H24O2S/c1-12(2)6-5-7-13(3)8-9-15-14(4)10-11-18(15,16)17/h6,8,10,15H,5,7,9,11H2,1-4H3/b13-8+. The molecule has 0 radical (unpaired) electrons. The van der Waals surface area contributed by atoms with Crippen LogP contribution in [0.2, 0.25) is 0 Å². The Morgan fingerprint density at radius 2 is 2.00 bits per heavy atom. The van der Waals surface area contributed by atoms with Crippen LogP contribution in [0.3, 0.4) is 0 Å². The van der Waals surface area contributed by atoms with Crippen molar-refractivity contribution in [2.24, 2.45) is 0 Å². The number of hydrogen-bond donors (Lipinski definition) is 0. The number of rotatable bonds is 5. The number of sulfone groups is 1. The largest absolute Gasteiger partial charge is 0.228 e. The minimum absolute atomic E-state index is 0.216. The molecule has 1 rings (SSSR count). The molecule has 3 heteroatoms. The third-order valence-electron chi connectivity index (χ3n) is 3.35. The van der Waals surface area contributed by atoms with E-state index in [4.69, 9.17) is 0 Å². The molecule has 102 valence electrons. The van der Waals surface area contributed by atoms with E-state index < -0.39 is 9.84 Å². The van der Waals surface area contributed by atoms with E-state index in [0.29, 0.717) is 6.42 Å². The summed E-state index contributed by atoms with van der Waals surface area (Å²) in [6.45, 7) is 8.19. The van der Waals surface area contributed by atoms with Gasteiger partial charge in [-0.05, 0) is 47.0 Å². The minimum atomic E-state index is -2.91. The van der Waals surface area contributed by atoms with Gasteiger partial charge in [0.2, 0.25) is 0 Å². The third kappa shape index (κ3) is 4.45. The van der Waals surface area contributed by atoms with Gasteiger partial charge in [-0.2, -0.15) is 0 Å². The van der Waals surface area contributed by atoms with Crippen LogP contribution in [-0.2, 0) is 9.84 Å². The van der Waals surface area contributed by atoms with E-state index in [-0.39, 0.29) is 11.0 Å². The molecule has 0 N–H and O–H groups in total. The van der Waals surface area contributed by atoms with Crippen molar-refractivity contribution in [1.82, 2.24) is 0 Å². The van der Waals surface area contributed by atoms with Crippen molar-refractivity contribution < 1.29 is 8.42 Å². The molecule has 0 saturated heterocycles. The van der Waals surface area contributed by atoms with E-state index >= 15 is 0 Å². The van der Waals surface area contributed by atoms with Crippen molar-refractivity contribution >= 4 is 9.84 Å². The molecule has 1 atom stereocenters. The summed E-state index contributed by atoms with van der Waals surface area (Å²) in [5, 5.41) is -0.282. The van der Waals surface area contributed by atoms with Crippen LogP contribution in [0.15, 0.2) is 34.9 Å². The lowest BCUT2D eigenvalue weighted by molar-refractivity contribution is 0.592. The summed E-state index contributed by atoms with van der Waals surface area (Å²) in [5.41, 5.74) is 3.62. The Labute approximate surface area is 111 Å². The molecule has 1 heterocycles. The van der Waals surface area contributed by atoms with Gasteiger partial charge < -0.3 is 0 Å². The molecule has 0 aliphatic carbocycles. The summed E-state index contributed by atoms with van der Waals surface area (Å²) < 4.78 is 23.6. The average molecular weight is 268 g/mol. The van der Waals surface area contributed by atoms with Crippen molar-refractivity contribution in [3.63, 3.8) is 0 Å². The molecule has 0 bridgehead atoms. The fourth-order valence-electron chi connectivity index (χ4n) is 2.11. The van der Waals surface area contributed by atoms with Gasteiger partial charge in [0.05, 0.1) is 11.0 Å². The van der Waals surface area contributed by atoms with Crippen LogP contribution in [0.25, 0.3) is 0 Å². The molecule has 1 unspecified atom stereocenters. The second-order valence-electron chi connectivity index (χ2n) is 5.37. The van der Waals surface area contributed by atoms with Crippen LogP contribution in [0.1, 0.15) is 47.0 Å². The smallest absolute Gasteiger partial charge is 0.160 e. The highest BCUT2D eigenvalue weighted by atomic mass is 32.2. The lowest BCUT2D eigenvalue weighted by atomic mass is 10.1. The Balaban J connectivity index is 2.53. The first-order chi connectivity index (χ1) is 8.33. The summed E-state index contributed by atoms with van der Waals surface area (Å²) in [7, 11) is -2.91. The predicted octanol–water partition coefficient (Wildman–Crippen LogP) is 3.81. The van der Waals surface area contributed by atoms with E-state index in [1.807, 2.05) is 13.0 Å². The minimum Gasteiger partial charge on any atom is -0.228 e. The molecular weight excluding hydrogens is 244 g/mol. The van der Waals surface area contributed by atoms with Gasteiger partial charge in [-0.3, -0.25) is 0 Å². The predicted molar refractivity (Wildman–Crippen MR) is 78.4 cm³/mol. The van der Waals surface area contributed by atoms with Gasteiger partial charge in [-0.1, -0.05) is 34.9 Å². The van der Waals surface area contributed by atoms with Crippen LogP contribution < -0.4 is 0 Å². The quantitative estimate of drug-likeness (QED) is 0.710. The summed E-state index contributed by atoms with van der Waals surface area (Å²) >= 11 is 0. The lowest BCUT2D eigenvalue weighted by Crippen LogP contribution is -2.18. The zero-order valence-corrected chi connectivity index (χ0v) is 12.7. The zero-order chi connectivity index (χ0) is 13.8. The highest BCUT2D eigenvalue weighted by Gasteiger charge is 2.30. The number of hydrogen-bond acceptors (Lipinski definition) is 2. The summed E-state index contributed by atoms with van der Waals surface area (Å²) in [4.78, 5) is 0. The average Bonchev–Trinajstić information content (AvgIpc) is 2.50. The van der Waals surface area contributed by atoms with Gasteiger partial charge in [0, 0.05) is 0 Å². The second-order valence-corrected chi connectivity index (χ2v) is 7.60. The van der Waals surface area contributed by atoms with E-state index in [1.54, 1.807) is 0 Å². The highest BCUT2D eigenvalue weighted by Crippen LogP contribution is 2.24. The van der Waals surface area contributed by atoms with Crippen LogP contribution in [0.5, 0.6) is 0 Å². The Morgan fingerprint density at radius 1 is 1.33 bits per heavy atom. The summed E-state index contributed by atoms with van der Waals surface area (Å²) in [5.74, 6) is 0.216. The van der Waals surface area contributed by atoms with Crippen LogP contribution in [-0.4, -0.2) is 19.4 Å². The van der Waals surface area contributed by atoms with Gasteiger partial charge in [0.15, 0.2) is 9.84 Å². The van der Waals surface area contributed by atoms with Crippen LogP contribution >= 0.6 is 0 Å². The molecule has 1 aliphatic heterocycles. The molecule has 0 aromatic rings. The molecule has 2 nitrogen and oxygen atoms in total. The summed E-state index contributed by atoms with van der Waals surface area (Å²) in [6, 6.07) is 0. The Bertz CT molecular complexity index is 475. The van der Waals surface area contributed by atoms with Crippen LogP contribution in [0, 0.1) is 0 Å². The first kappa shape index (κ1) is 15.2. The van der Waals surface area contributed by atoms with Crippen molar-refractivity contribution in [1.29, 1.82) is 0 Å². The SMILES string of the molecule is CC(C)=CCC/C(C)=C/CC1C(C)=CCS1(=O)=O. The normalized spacial score (nSPS) is 22.8. The fourth-order valence-corrected chi connectivity index (χ4v) is 3.89. The lowest BCUT2D eigenvalue weighted by Gasteiger charge is -2.09. The van der Waals surface area contributed by atoms with Crippen LogP contribution in [0.4, 0.5) is 0 Å². The molecule has 0 spiro atoms. The molecule has 0 saturated carbocycles. The van der Waals surface area contributed by atoms with Crippen molar-refractivity contribution in [2.75, 3.05) is 5.75 Å². The van der Waals surface area contributed by atoms with E-state index in [0.717, 1.165) is 18.4 Å². The molecule has 0 amide bonds. The molecular formula is C15H24O2S. The highest BCUT2D eigenvalue weighted by molar-refractivity contribution is 7.92. The van der Waals surface area contributed by atoms with Gasteiger partial charge in [0.1, 0.15) is 0 Å². The maximum Gasteiger partial charge on any atom is 0.160 e. The molecule has 18 heavy (non-hydrogen) atoms. The monoisotopic (exact) mass is 268 g/mol. The van der Waals surface area contributed by atoms with Gasteiger partial charge >= 0.3 is 0 Å². The number of allylic oxidation sites excluding steroid dienone is 4. The third-order valence-corrected chi connectivity index (χ3v) is 5.41. The summed E-state index contributed by atoms with van der Waals surface area (Å²) in [6.07, 6.45) is 8.83. The molecule has 1 aliphatic rings. The Kier molecular flexibility index (Phi) is 5.39. The van der Waals surface area contributed by atoms with Crippen molar-refractivity contribution in [3.8, 4) is 0 Å². The zero-order valence-electron chi connectivity index (χ0n) is 11.9. The van der Waals surface area contributed by atoms with E-state index in [1.165, 1.54) is 11.1 Å². The first-order valence-electron chi connectivity index (χ1n) is 6.50. The molecule has 0 fully saturated rings.